The predicted octanol–water partition coefficient (Wildman–Crippen LogP) is 8.92. The Labute approximate surface area is 252 Å². The van der Waals surface area contributed by atoms with Gasteiger partial charge in [-0.05, 0) is 104 Å². The van der Waals surface area contributed by atoms with Crippen molar-refractivity contribution in [3.8, 4) is 0 Å². The highest BCUT2D eigenvalue weighted by molar-refractivity contribution is 5.91. The SMILES string of the molecule is C=C/C=C\C(=C/C)C(=O)OC1CCC2(C)C(=CCC3C2CCC2(C)C(c4cccnc4)=CCC32)C1.C=CC.CC(=O)O. The smallest absolute Gasteiger partial charge is 0.338 e. The van der Waals surface area contributed by atoms with Crippen LogP contribution in [-0.2, 0) is 14.3 Å². The molecule has 1 N–H and O–H groups in total. The number of hydrogen-bond donors (Lipinski definition) is 1. The number of nitrogens with zero attached hydrogens (tertiary/aromatic N) is 1. The van der Waals surface area contributed by atoms with Gasteiger partial charge >= 0.3 is 5.97 Å². The molecule has 0 aliphatic heterocycles. The highest BCUT2D eigenvalue weighted by Crippen LogP contribution is 2.66. The number of carboxylic acid groups (broad SMARTS) is 1. The molecule has 4 aliphatic carbocycles. The molecule has 42 heavy (non-hydrogen) atoms. The van der Waals surface area contributed by atoms with Crippen molar-refractivity contribution in [2.45, 2.75) is 85.7 Å². The molecule has 0 amide bonds. The standard InChI is InChI=1S/C32H39NO2.C3H6.C2H4O2/c1-5-7-9-22(6-2)30(34)35-25-15-17-31(3)24(20-25)11-12-26-28-14-13-27(23-10-8-19-33-21-23)32(28,4)18-16-29(26)31;1-3-2;1-2(3)4/h5-11,13,19,21,25-26,28-29H,1,12,14-18,20H2,2-4H3;3H,1H2,2H3;1H3,(H,3,4)/b9-7-,22-6+;;. The van der Waals surface area contributed by atoms with Crippen LogP contribution in [0.2, 0.25) is 0 Å². The van der Waals surface area contributed by atoms with E-state index in [1.54, 1.807) is 24.3 Å². The van der Waals surface area contributed by atoms with Crippen LogP contribution in [0, 0.1) is 28.6 Å². The molecule has 5 nitrogen and oxygen atoms in total. The summed E-state index contributed by atoms with van der Waals surface area (Å²) in [6.45, 7) is 16.9. The van der Waals surface area contributed by atoms with Crippen LogP contribution in [0.1, 0.15) is 85.1 Å². The van der Waals surface area contributed by atoms with Crippen molar-refractivity contribution >= 4 is 17.5 Å². The molecular weight excluding hydrogens is 522 g/mol. The second-order valence-corrected chi connectivity index (χ2v) is 12.3. The molecule has 1 aromatic heterocycles. The number of carbonyl (C=O) groups is 2. The van der Waals surface area contributed by atoms with Crippen molar-refractivity contribution < 1.29 is 19.4 Å². The number of aliphatic carboxylic acids is 1. The Morgan fingerprint density at radius 1 is 1.07 bits per heavy atom. The second kappa shape index (κ2) is 14.6. The molecule has 1 heterocycles. The van der Waals surface area contributed by atoms with E-state index in [0.29, 0.717) is 11.5 Å². The molecular formula is C37H49NO4. The summed E-state index contributed by atoms with van der Waals surface area (Å²) in [5.41, 5.74) is 5.45. The van der Waals surface area contributed by atoms with Gasteiger partial charge in [-0.15, -0.1) is 6.58 Å². The third-order valence-corrected chi connectivity index (χ3v) is 9.84. The van der Waals surface area contributed by atoms with Gasteiger partial charge in [0.2, 0.25) is 0 Å². The van der Waals surface area contributed by atoms with Gasteiger partial charge in [0.05, 0.1) is 5.57 Å². The van der Waals surface area contributed by atoms with Gasteiger partial charge in [0, 0.05) is 25.7 Å². The summed E-state index contributed by atoms with van der Waals surface area (Å²) in [6, 6.07) is 4.29. The van der Waals surface area contributed by atoms with E-state index >= 15 is 0 Å². The molecule has 2 saturated carbocycles. The summed E-state index contributed by atoms with van der Waals surface area (Å²) in [7, 11) is 0. The average Bonchev–Trinajstić information content (AvgIpc) is 3.31. The summed E-state index contributed by atoms with van der Waals surface area (Å²) in [5.74, 6) is 1.10. The second-order valence-electron chi connectivity index (χ2n) is 12.3. The van der Waals surface area contributed by atoms with Gasteiger partial charge in [-0.3, -0.25) is 9.78 Å². The maximum atomic E-state index is 12.7. The molecule has 0 aromatic carbocycles. The Morgan fingerprint density at radius 3 is 2.38 bits per heavy atom. The Kier molecular flexibility index (Phi) is 11.5. The molecule has 0 bridgehead atoms. The zero-order chi connectivity index (χ0) is 30.9. The maximum Gasteiger partial charge on any atom is 0.338 e. The highest BCUT2D eigenvalue weighted by Gasteiger charge is 2.57. The lowest BCUT2D eigenvalue weighted by atomic mass is 9.47. The summed E-state index contributed by atoms with van der Waals surface area (Å²) in [4.78, 5) is 26.1. The largest absolute Gasteiger partial charge is 0.481 e. The molecule has 0 spiro atoms. The number of fused-ring (bicyclic) bond motifs is 5. The molecule has 4 aliphatic rings. The summed E-state index contributed by atoms with van der Waals surface area (Å²) in [5, 5.41) is 7.42. The fourth-order valence-corrected chi connectivity index (χ4v) is 7.94. The van der Waals surface area contributed by atoms with Gasteiger partial charge in [-0.25, -0.2) is 4.79 Å². The lowest BCUT2D eigenvalue weighted by Crippen LogP contribution is -2.50. The third kappa shape index (κ3) is 7.11. The Hall–Kier alpha value is -3.47. The lowest BCUT2D eigenvalue weighted by Gasteiger charge is -2.57. The van der Waals surface area contributed by atoms with Gasteiger partial charge in [0.15, 0.2) is 0 Å². The van der Waals surface area contributed by atoms with E-state index in [2.05, 4.69) is 56.3 Å². The predicted molar refractivity (Wildman–Crippen MR) is 171 cm³/mol. The number of rotatable bonds is 5. The van der Waals surface area contributed by atoms with E-state index < -0.39 is 5.97 Å². The summed E-state index contributed by atoms with van der Waals surface area (Å²) in [6.07, 6.45) is 25.6. The zero-order valence-corrected chi connectivity index (χ0v) is 26.1. The van der Waals surface area contributed by atoms with Gasteiger partial charge in [-0.1, -0.05) is 68.5 Å². The number of carboxylic acids is 1. The summed E-state index contributed by atoms with van der Waals surface area (Å²) < 4.78 is 5.97. The number of aromatic nitrogens is 1. The molecule has 6 atom stereocenters. The van der Waals surface area contributed by atoms with Crippen molar-refractivity contribution in [1.82, 2.24) is 4.98 Å². The van der Waals surface area contributed by atoms with E-state index in [1.807, 2.05) is 32.3 Å². The third-order valence-electron chi connectivity index (χ3n) is 9.84. The van der Waals surface area contributed by atoms with Crippen molar-refractivity contribution in [3.63, 3.8) is 0 Å². The fraction of sp³-hybridized carbons (Fsp3) is 0.486. The van der Waals surface area contributed by atoms with Crippen LogP contribution in [0.4, 0.5) is 0 Å². The molecule has 2 fully saturated rings. The number of hydrogen-bond acceptors (Lipinski definition) is 4. The topological polar surface area (TPSA) is 76.5 Å². The first kappa shape index (κ1) is 33.0. The fourth-order valence-electron chi connectivity index (χ4n) is 7.94. The Balaban J connectivity index is 0.000000627. The van der Waals surface area contributed by atoms with E-state index in [1.165, 1.54) is 36.0 Å². The van der Waals surface area contributed by atoms with Crippen molar-refractivity contribution in [3.05, 3.63) is 96.9 Å². The van der Waals surface area contributed by atoms with E-state index in [0.717, 1.165) is 44.4 Å². The molecule has 5 rings (SSSR count). The molecule has 0 radical (unpaired) electrons. The van der Waals surface area contributed by atoms with Gasteiger partial charge in [0.1, 0.15) is 6.10 Å². The van der Waals surface area contributed by atoms with Gasteiger partial charge in [-0.2, -0.15) is 0 Å². The minimum absolute atomic E-state index is 0.0235. The maximum absolute atomic E-state index is 12.7. The van der Waals surface area contributed by atoms with Crippen LogP contribution in [0.25, 0.3) is 5.57 Å². The first-order valence-corrected chi connectivity index (χ1v) is 15.3. The zero-order valence-electron chi connectivity index (χ0n) is 26.1. The monoisotopic (exact) mass is 571 g/mol. The minimum atomic E-state index is -0.833. The van der Waals surface area contributed by atoms with E-state index in [4.69, 9.17) is 14.6 Å². The molecule has 5 heteroatoms. The van der Waals surface area contributed by atoms with Crippen molar-refractivity contribution in [2.24, 2.45) is 28.6 Å². The quantitative estimate of drug-likeness (QED) is 0.165. The number of allylic oxidation sites excluding steroid dienone is 7. The van der Waals surface area contributed by atoms with Gasteiger partial charge < -0.3 is 9.84 Å². The van der Waals surface area contributed by atoms with Crippen molar-refractivity contribution in [1.29, 1.82) is 0 Å². The van der Waals surface area contributed by atoms with Crippen LogP contribution >= 0.6 is 0 Å². The van der Waals surface area contributed by atoms with Gasteiger partial charge in [0.25, 0.3) is 5.97 Å². The van der Waals surface area contributed by atoms with Crippen LogP contribution in [0.15, 0.2) is 91.4 Å². The molecule has 1 aromatic rings. The number of carbonyl (C=O) groups excluding carboxylic acids is 1. The average molecular weight is 572 g/mol. The van der Waals surface area contributed by atoms with E-state index in [9.17, 15) is 4.79 Å². The first-order chi connectivity index (χ1) is 20.0. The van der Waals surface area contributed by atoms with E-state index in [-0.39, 0.29) is 22.9 Å². The normalized spacial score (nSPS) is 31.3. The summed E-state index contributed by atoms with van der Waals surface area (Å²) >= 11 is 0. The van der Waals surface area contributed by atoms with Crippen LogP contribution < -0.4 is 0 Å². The number of ether oxygens (including phenoxy) is 1. The Morgan fingerprint density at radius 2 is 1.76 bits per heavy atom. The van der Waals surface area contributed by atoms with Crippen LogP contribution in [0.5, 0.6) is 0 Å². The highest BCUT2D eigenvalue weighted by atomic mass is 16.5. The molecule has 0 saturated heterocycles. The number of esters is 1. The minimum Gasteiger partial charge on any atom is -0.481 e. The van der Waals surface area contributed by atoms with Crippen molar-refractivity contribution in [2.75, 3.05) is 0 Å². The van der Waals surface area contributed by atoms with Crippen LogP contribution in [-0.4, -0.2) is 28.1 Å². The first-order valence-electron chi connectivity index (χ1n) is 15.3. The number of pyridine rings is 1. The molecule has 6 unspecified atom stereocenters. The Bertz CT molecular complexity index is 1250. The lowest BCUT2D eigenvalue weighted by molar-refractivity contribution is -0.146. The van der Waals surface area contributed by atoms with Crippen LogP contribution in [0.3, 0.4) is 0 Å². The molecule has 226 valence electrons.